The molecular formula is C11H17N7S. The quantitative estimate of drug-likeness (QED) is 0.831. The maximum absolute atomic E-state index is 4.46. The Balaban J connectivity index is 2.30. The van der Waals surface area contributed by atoms with Gasteiger partial charge in [-0.25, -0.2) is 4.98 Å². The monoisotopic (exact) mass is 279 g/mol. The normalized spacial score (nSPS) is 10.5. The van der Waals surface area contributed by atoms with Gasteiger partial charge in [0, 0.05) is 32.5 Å². The third-order valence-electron chi connectivity index (χ3n) is 2.53. The molecule has 0 unspecified atom stereocenters. The maximum atomic E-state index is 4.46. The summed E-state index contributed by atoms with van der Waals surface area (Å²) >= 11 is 1.38. The predicted octanol–water partition coefficient (Wildman–Crippen LogP) is 1.63. The van der Waals surface area contributed by atoms with Crippen molar-refractivity contribution in [2.45, 2.75) is 24.2 Å². The molecule has 2 N–H and O–H groups in total. The zero-order valence-electron chi connectivity index (χ0n) is 11.2. The highest BCUT2D eigenvalue weighted by atomic mass is 32.2. The van der Waals surface area contributed by atoms with E-state index in [1.807, 2.05) is 0 Å². The minimum atomic E-state index is 0.561. The number of hydrogen-bond acceptors (Lipinski definition) is 7. The molecule has 0 aliphatic heterocycles. The molecule has 2 heterocycles. The molecule has 19 heavy (non-hydrogen) atoms. The molecule has 0 aliphatic rings. The number of anilines is 2. The van der Waals surface area contributed by atoms with E-state index in [1.165, 1.54) is 11.8 Å². The summed E-state index contributed by atoms with van der Waals surface area (Å²) in [6, 6.07) is 0. The van der Waals surface area contributed by atoms with E-state index in [0.717, 1.165) is 18.2 Å². The van der Waals surface area contributed by atoms with Crippen LogP contribution >= 0.6 is 11.8 Å². The molecule has 0 fully saturated rings. The van der Waals surface area contributed by atoms with Gasteiger partial charge in [-0.1, -0.05) is 0 Å². The second-order valence-corrected chi connectivity index (χ2v) is 4.62. The first-order valence-electron chi connectivity index (χ1n) is 6.12. The second kappa shape index (κ2) is 6.37. The molecule has 0 aromatic carbocycles. The molecule has 2 aromatic heterocycles. The highest BCUT2D eigenvalue weighted by Crippen LogP contribution is 2.23. The van der Waals surface area contributed by atoms with Crippen LogP contribution < -0.4 is 10.2 Å². The summed E-state index contributed by atoms with van der Waals surface area (Å²) in [7, 11) is 1.79. The van der Waals surface area contributed by atoms with Crippen molar-refractivity contribution in [2.75, 3.05) is 30.4 Å². The van der Waals surface area contributed by atoms with Crippen molar-refractivity contribution in [3.05, 3.63) is 12.4 Å². The van der Waals surface area contributed by atoms with Crippen molar-refractivity contribution >= 4 is 23.7 Å². The molecule has 0 bridgehead atoms. The third kappa shape index (κ3) is 3.34. The Morgan fingerprint density at radius 2 is 2.05 bits per heavy atom. The van der Waals surface area contributed by atoms with E-state index >= 15 is 0 Å². The van der Waals surface area contributed by atoms with Gasteiger partial charge in [0.2, 0.25) is 17.1 Å². The van der Waals surface area contributed by atoms with Gasteiger partial charge in [0.15, 0.2) is 5.16 Å². The lowest BCUT2D eigenvalue weighted by molar-refractivity contribution is 0.784. The molecule has 2 aromatic rings. The molecular weight excluding hydrogens is 262 g/mol. The van der Waals surface area contributed by atoms with Gasteiger partial charge in [-0.05, 0) is 25.6 Å². The lowest BCUT2D eigenvalue weighted by Crippen LogP contribution is -2.25. The fraction of sp³-hybridized carbons (Fsp3) is 0.455. The molecule has 7 nitrogen and oxygen atoms in total. The van der Waals surface area contributed by atoms with Gasteiger partial charge in [-0.2, -0.15) is 15.0 Å². The minimum absolute atomic E-state index is 0.561. The number of H-pyrrole nitrogens is 1. The van der Waals surface area contributed by atoms with E-state index in [1.54, 1.807) is 19.4 Å². The van der Waals surface area contributed by atoms with E-state index < -0.39 is 0 Å². The van der Waals surface area contributed by atoms with Crippen molar-refractivity contribution in [1.82, 2.24) is 24.9 Å². The molecule has 0 amide bonds. The number of imidazole rings is 1. The Morgan fingerprint density at radius 1 is 1.26 bits per heavy atom. The number of rotatable bonds is 6. The van der Waals surface area contributed by atoms with Crippen molar-refractivity contribution in [3.8, 4) is 0 Å². The van der Waals surface area contributed by atoms with Gasteiger partial charge in [-0.15, -0.1) is 0 Å². The van der Waals surface area contributed by atoms with Crippen LogP contribution in [0.15, 0.2) is 22.7 Å². The van der Waals surface area contributed by atoms with Crippen LogP contribution in [0, 0.1) is 0 Å². The zero-order chi connectivity index (χ0) is 13.7. The molecule has 102 valence electrons. The van der Waals surface area contributed by atoms with Crippen LogP contribution in [0.1, 0.15) is 13.8 Å². The fourth-order valence-corrected chi connectivity index (χ4v) is 2.22. The SMILES string of the molecule is CCN(CC)c1nc(NC)nc(Sc2ncc[nH]2)n1. The smallest absolute Gasteiger partial charge is 0.231 e. The highest BCUT2D eigenvalue weighted by Gasteiger charge is 2.12. The van der Waals surface area contributed by atoms with Gasteiger partial charge >= 0.3 is 0 Å². The van der Waals surface area contributed by atoms with Crippen LogP contribution in [0.2, 0.25) is 0 Å². The van der Waals surface area contributed by atoms with Gasteiger partial charge in [0.05, 0.1) is 0 Å². The van der Waals surface area contributed by atoms with Crippen LogP contribution in [-0.2, 0) is 0 Å². The molecule has 2 rings (SSSR count). The van der Waals surface area contributed by atoms with E-state index in [-0.39, 0.29) is 0 Å². The lowest BCUT2D eigenvalue weighted by atomic mass is 10.5. The van der Waals surface area contributed by atoms with E-state index in [4.69, 9.17) is 0 Å². The number of aromatic amines is 1. The number of nitrogens with zero attached hydrogens (tertiary/aromatic N) is 5. The van der Waals surface area contributed by atoms with Crippen LogP contribution in [0.25, 0.3) is 0 Å². The average molecular weight is 279 g/mol. The number of aromatic nitrogens is 5. The van der Waals surface area contributed by atoms with Crippen LogP contribution in [0.3, 0.4) is 0 Å². The summed E-state index contributed by atoms with van der Waals surface area (Å²) in [4.78, 5) is 22.4. The average Bonchev–Trinajstić information content (AvgIpc) is 2.93. The minimum Gasteiger partial charge on any atom is -0.357 e. The van der Waals surface area contributed by atoms with E-state index in [9.17, 15) is 0 Å². The molecule has 8 heteroatoms. The zero-order valence-corrected chi connectivity index (χ0v) is 12.0. The fourth-order valence-electron chi connectivity index (χ4n) is 1.54. The Labute approximate surface area is 116 Å². The van der Waals surface area contributed by atoms with Crippen molar-refractivity contribution in [1.29, 1.82) is 0 Å². The number of hydrogen-bond donors (Lipinski definition) is 2. The van der Waals surface area contributed by atoms with Crippen LogP contribution in [0.4, 0.5) is 11.9 Å². The summed E-state index contributed by atoms with van der Waals surface area (Å²) < 4.78 is 0. The predicted molar refractivity (Wildman–Crippen MR) is 75.6 cm³/mol. The van der Waals surface area contributed by atoms with Crippen LogP contribution in [-0.4, -0.2) is 45.1 Å². The molecule has 0 atom stereocenters. The van der Waals surface area contributed by atoms with Gasteiger partial charge in [0.25, 0.3) is 0 Å². The molecule has 0 radical (unpaired) electrons. The first-order chi connectivity index (χ1) is 9.26. The first-order valence-corrected chi connectivity index (χ1v) is 6.94. The van der Waals surface area contributed by atoms with Gasteiger partial charge in [-0.3, -0.25) is 0 Å². The Hall–Kier alpha value is -1.83. The molecule has 0 spiro atoms. The van der Waals surface area contributed by atoms with Crippen molar-refractivity contribution in [2.24, 2.45) is 0 Å². The lowest BCUT2D eigenvalue weighted by Gasteiger charge is -2.19. The first kappa shape index (κ1) is 13.6. The van der Waals surface area contributed by atoms with Crippen molar-refractivity contribution in [3.63, 3.8) is 0 Å². The van der Waals surface area contributed by atoms with E-state index in [2.05, 4.69) is 49.0 Å². The highest BCUT2D eigenvalue weighted by molar-refractivity contribution is 7.99. The Morgan fingerprint density at radius 3 is 2.63 bits per heavy atom. The standard InChI is InChI=1S/C11H17N7S/c1-4-18(5-2)9-15-8(12-3)16-11(17-9)19-10-13-6-7-14-10/h6-7H,4-5H2,1-3H3,(H,13,14)(H,12,15,16,17). The topological polar surface area (TPSA) is 82.6 Å². The van der Waals surface area contributed by atoms with Crippen molar-refractivity contribution < 1.29 is 0 Å². The summed E-state index contributed by atoms with van der Waals surface area (Å²) in [5, 5.41) is 4.34. The molecule has 0 aliphatic carbocycles. The largest absolute Gasteiger partial charge is 0.357 e. The maximum Gasteiger partial charge on any atom is 0.231 e. The Bertz CT molecular complexity index is 510. The Kier molecular flexibility index (Phi) is 4.56. The molecule has 0 saturated carbocycles. The summed E-state index contributed by atoms with van der Waals surface area (Å²) in [5.74, 6) is 1.24. The summed E-state index contributed by atoms with van der Waals surface area (Å²) in [5.41, 5.74) is 0. The number of nitrogens with one attached hydrogen (secondary N) is 2. The second-order valence-electron chi connectivity index (χ2n) is 3.66. The van der Waals surface area contributed by atoms with Gasteiger partial charge in [0.1, 0.15) is 0 Å². The van der Waals surface area contributed by atoms with E-state index in [0.29, 0.717) is 17.1 Å². The summed E-state index contributed by atoms with van der Waals surface area (Å²) in [6.07, 6.45) is 3.47. The summed E-state index contributed by atoms with van der Waals surface area (Å²) in [6.45, 7) is 5.86. The third-order valence-corrected chi connectivity index (χ3v) is 3.32. The van der Waals surface area contributed by atoms with Gasteiger partial charge < -0.3 is 15.2 Å². The van der Waals surface area contributed by atoms with Crippen LogP contribution in [0.5, 0.6) is 0 Å². The molecule has 0 saturated heterocycles.